The van der Waals surface area contributed by atoms with E-state index in [-0.39, 0.29) is 0 Å². The quantitative estimate of drug-likeness (QED) is 0.661. The summed E-state index contributed by atoms with van der Waals surface area (Å²) in [5.74, 6) is 1.19. The van der Waals surface area contributed by atoms with Gasteiger partial charge in [-0.1, -0.05) is 36.7 Å². The number of imidazole rings is 1. The summed E-state index contributed by atoms with van der Waals surface area (Å²) in [6.07, 6.45) is 2.68. The fourth-order valence-corrected chi connectivity index (χ4v) is 2.58. The molecule has 1 N–H and O–H groups in total. The van der Waals surface area contributed by atoms with Gasteiger partial charge in [-0.15, -0.1) is 0 Å². The molecule has 0 amide bonds. The van der Waals surface area contributed by atoms with Gasteiger partial charge in [0.1, 0.15) is 17.6 Å². The highest BCUT2D eigenvalue weighted by molar-refractivity contribution is 6.32. The smallest absolute Gasteiger partial charge is 0.149 e. The lowest BCUT2D eigenvalue weighted by molar-refractivity contribution is 0.317. The first-order valence-electron chi connectivity index (χ1n) is 7.70. The standard InChI is InChI=1S/C19H16ClN3O/c1-2-9-24-18-8-7-13(11-15(18)20)10-14(12-21)19-22-16-5-3-4-6-17(16)23-19/h3-8,10-11H,2,9H2,1H3,(H,22,23)/b14-10-. The number of ether oxygens (including phenoxy) is 1. The SMILES string of the molecule is CCCOc1ccc(/C=C(/C#N)c2nc3ccccc3[nH]2)cc1Cl. The van der Waals surface area contributed by atoms with Gasteiger partial charge in [-0.05, 0) is 42.3 Å². The Kier molecular flexibility index (Phi) is 4.83. The number of allylic oxidation sites excluding steroid dienone is 1. The molecule has 5 heteroatoms. The van der Waals surface area contributed by atoms with Crippen molar-refractivity contribution in [1.82, 2.24) is 9.97 Å². The molecule has 3 rings (SSSR count). The van der Waals surface area contributed by atoms with Crippen molar-refractivity contribution < 1.29 is 4.74 Å². The van der Waals surface area contributed by atoms with Crippen molar-refractivity contribution >= 4 is 34.3 Å². The minimum Gasteiger partial charge on any atom is -0.492 e. The number of fused-ring (bicyclic) bond motifs is 1. The summed E-state index contributed by atoms with van der Waals surface area (Å²) in [5, 5.41) is 10.00. The number of nitrogens with one attached hydrogen (secondary N) is 1. The van der Waals surface area contributed by atoms with E-state index in [1.165, 1.54) is 0 Å². The predicted molar refractivity (Wildman–Crippen MR) is 96.8 cm³/mol. The average molecular weight is 338 g/mol. The molecule has 24 heavy (non-hydrogen) atoms. The largest absolute Gasteiger partial charge is 0.492 e. The Morgan fingerprint density at radius 3 is 2.88 bits per heavy atom. The third kappa shape index (κ3) is 3.42. The number of benzene rings is 2. The van der Waals surface area contributed by atoms with Crippen LogP contribution < -0.4 is 4.74 Å². The van der Waals surface area contributed by atoms with Gasteiger partial charge in [-0.3, -0.25) is 0 Å². The first kappa shape index (κ1) is 16.1. The number of para-hydroxylation sites is 2. The molecular weight excluding hydrogens is 322 g/mol. The van der Waals surface area contributed by atoms with Crippen LogP contribution in [0.1, 0.15) is 24.7 Å². The molecule has 0 aliphatic rings. The van der Waals surface area contributed by atoms with Gasteiger partial charge >= 0.3 is 0 Å². The van der Waals surface area contributed by atoms with Crippen molar-refractivity contribution in [2.75, 3.05) is 6.61 Å². The Balaban J connectivity index is 1.93. The van der Waals surface area contributed by atoms with Crippen LogP contribution in [0.15, 0.2) is 42.5 Å². The Morgan fingerprint density at radius 2 is 2.17 bits per heavy atom. The number of H-pyrrole nitrogens is 1. The normalized spacial score (nSPS) is 11.5. The second-order valence-corrected chi connectivity index (χ2v) is 5.72. The summed E-state index contributed by atoms with van der Waals surface area (Å²) < 4.78 is 5.56. The Labute approximate surface area is 145 Å². The van der Waals surface area contributed by atoms with Crippen molar-refractivity contribution in [3.63, 3.8) is 0 Å². The Bertz CT molecular complexity index is 904. The van der Waals surface area contributed by atoms with Crippen molar-refractivity contribution in [3.05, 3.63) is 58.9 Å². The van der Waals surface area contributed by atoms with Gasteiger partial charge in [0, 0.05) is 0 Å². The number of aromatic nitrogens is 2. The van der Waals surface area contributed by atoms with Crippen LogP contribution >= 0.6 is 11.6 Å². The van der Waals surface area contributed by atoms with Gasteiger partial charge in [-0.2, -0.15) is 5.26 Å². The third-order valence-electron chi connectivity index (χ3n) is 3.49. The monoisotopic (exact) mass is 337 g/mol. The summed E-state index contributed by atoms with van der Waals surface area (Å²) in [6.45, 7) is 2.66. The highest BCUT2D eigenvalue weighted by Crippen LogP contribution is 2.27. The molecule has 1 heterocycles. The lowest BCUT2D eigenvalue weighted by Crippen LogP contribution is -1.95. The van der Waals surface area contributed by atoms with Gasteiger partial charge in [0.05, 0.1) is 28.2 Å². The highest BCUT2D eigenvalue weighted by Gasteiger charge is 2.08. The fraction of sp³-hybridized carbons (Fsp3) is 0.158. The summed E-state index contributed by atoms with van der Waals surface area (Å²) in [7, 11) is 0. The maximum atomic E-state index is 9.47. The second-order valence-electron chi connectivity index (χ2n) is 5.31. The van der Waals surface area contributed by atoms with Crippen LogP contribution in [0.3, 0.4) is 0 Å². The molecule has 3 aromatic rings. The lowest BCUT2D eigenvalue weighted by atomic mass is 10.1. The number of nitrogens with zero attached hydrogens (tertiary/aromatic N) is 2. The van der Waals surface area contributed by atoms with E-state index in [1.807, 2.05) is 43.3 Å². The summed E-state index contributed by atoms with van der Waals surface area (Å²) in [5.41, 5.74) is 3.00. The Morgan fingerprint density at radius 1 is 1.33 bits per heavy atom. The third-order valence-corrected chi connectivity index (χ3v) is 3.79. The van der Waals surface area contributed by atoms with Crippen LogP contribution in [0.2, 0.25) is 5.02 Å². The van der Waals surface area contributed by atoms with Crippen LogP contribution in [0.4, 0.5) is 0 Å². The maximum absolute atomic E-state index is 9.47. The van der Waals surface area contributed by atoms with Crippen LogP contribution in [0.5, 0.6) is 5.75 Å². The molecule has 0 atom stereocenters. The second kappa shape index (κ2) is 7.20. The van der Waals surface area contributed by atoms with Crippen LogP contribution in [-0.4, -0.2) is 16.6 Å². The molecule has 2 aromatic carbocycles. The molecule has 0 spiro atoms. The molecule has 0 fully saturated rings. The molecule has 1 aromatic heterocycles. The summed E-state index contributed by atoms with van der Waals surface area (Å²) >= 11 is 6.24. The van der Waals surface area contributed by atoms with E-state index in [0.717, 1.165) is 23.0 Å². The van der Waals surface area contributed by atoms with E-state index in [1.54, 1.807) is 12.1 Å². The summed E-state index contributed by atoms with van der Waals surface area (Å²) in [4.78, 5) is 7.62. The molecule has 120 valence electrons. The van der Waals surface area contributed by atoms with Crippen LogP contribution in [0, 0.1) is 11.3 Å². The van der Waals surface area contributed by atoms with Crippen molar-refractivity contribution in [2.24, 2.45) is 0 Å². The topological polar surface area (TPSA) is 61.7 Å². The highest BCUT2D eigenvalue weighted by atomic mass is 35.5. The predicted octanol–water partition coefficient (Wildman–Crippen LogP) is 5.07. The first-order valence-corrected chi connectivity index (χ1v) is 8.08. The molecule has 0 saturated heterocycles. The van der Waals surface area contributed by atoms with E-state index in [0.29, 0.717) is 28.8 Å². The molecule has 0 radical (unpaired) electrons. The van der Waals surface area contributed by atoms with E-state index in [9.17, 15) is 5.26 Å². The minimum atomic E-state index is 0.449. The van der Waals surface area contributed by atoms with Crippen LogP contribution in [-0.2, 0) is 0 Å². The van der Waals surface area contributed by atoms with E-state index in [4.69, 9.17) is 16.3 Å². The zero-order valence-electron chi connectivity index (χ0n) is 13.2. The molecule has 0 bridgehead atoms. The molecule has 0 aliphatic heterocycles. The Hall–Kier alpha value is -2.77. The zero-order chi connectivity index (χ0) is 16.9. The molecule has 0 saturated carbocycles. The fourth-order valence-electron chi connectivity index (χ4n) is 2.34. The number of nitriles is 1. The zero-order valence-corrected chi connectivity index (χ0v) is 14.0. The van der Waals surface area contributed by atoms with Gasteiger partial charge in [-0.25, -0.2) is 4.98 Å². The van der Waals surface area contributed by atoms with Gasteiger partial charge < -0.3 is 9.72 Å². The van der Waals surface area contributed by atoms with Gasteiger partial charge in [0.2, 0.25) is 0 Å². The van der Waals surface area contributed by atoms with E-state index in [2.05, 4.69) is 16.0 Å². The summed E-state index contributed by atoms with van der Waals surface area (Å²) in [6, 6.07) is 15.3. The van der Waals surface area contributed by atoms with E-state index < -0.39 is 0 Å². The number of hydrogen-bond donors (Lipinski definition) is 1. The molecular formula is C19H16ClN3O. The average Bonchev–Trinajstić information content (AvgIpc) is 3.02. The lowest BCUT2D eigenvalue weighted by Gasteiger charge is -2.07. The number of aromatic amines is 1. The number of halogens is 1. The van der Waals surface area contributed by atoms with E-state index >= 15 is 0 Å². The number of rotatable bonds is 5. The maximum Gasteiger partial charge on any atom is 0.149 e. The number of hydrogen-bond acceptors (Lipinski definition) is 3. The molecule has 4 nitrogen and oxygen atoms in total. The van der Waals surface area contributed by atoms with Gasteiger partial charge in [0.25, 0.3) is 0 Å². The van der Waals surface area contributed by atoms with Gasteiger partial charge in [0.15, 0.2) is 0 Å². The molecule has 0 unspecified atom stereocenters. The van der Waals surface area contributed by atoms with Crippen molar-refractivity contribution in [1.29, 1.82) is 5.26 Å². The van der Waals surface area contributed by atoms with Crippen molar-refractivity contribution in [2.45, 2.75) is 13.3 Å². The minimum absolute atomic E-state index is 0.449. The van der Waals surface area contributed by atoms with Crippen LogP contribution in [0.25, 0.3) is 22.7 Å². The first-order chi connectivity index (χ1) is 11.7. The molecule has 0 aliphatic carbocycles. The van der Waals surface area contributed by atoms with Crippen molar-refractivity contribution in [3.8, 4) is 11.8 Å².